The number of morpholine rings is 1. The molecule has 0 radical (unpaired) electrons. The summed E-state index contributed by atoms with van der Waals surface area (Å²) in [5.74, 6) is 0. The van der Waals surface area contributed by atoms with Crippen molar-refractivity contribution in [2.24, 2.45) is 0 Å². The monoisotopic (exact) mass is 269 g/mol. The van der Waals surface area contributed by atoms with Crippen molar-refractivity contribution in [2.75, 3.05) is 59.0 Å². The first-order valence-electron chi connectivity index (χ1n) is 8.15. The van der Waals surface area contributed by atoms with Crippen LogP contribution in [0.3, 0.4) is 0 Å². The van der Waals surface area contributed by atoms with Crippen LogP contribution < -0.4 is 5.32 Å². The van der Waals surface area contributed by atoms with Crippen LogP contribution in [0.1, 0.15) is 32.6 Å². The summed E-state index contributed by atoms with van der Waals surface area (Å²) in [6.07, 6.45) is 5.42. The molecule has 0 bridgehead atoms. The molecule has 2 saturated heterocycles. The molecule has 0 saturated carbocycles. The van der Waals surface area contributed by atoms with Crippen molar-refractivity contribution >= 4 is 0 Å². The number of likely N-dealkylation sites (tertiary alicyclic amines) is 1. The predicted octanol–water partition coefficient (Wildman–Crippen LogP) is 1.17. The van der Waals surface area contributed by atoms with Crippen LogP contribution in [-0.4, -0.2) is 74.9 Å². The molecule has 0 aromatic heterocycles. The van der Waals surface area contributed by atoms with Gasteiger partial charge in [0.2, 0.25) is 0 Å². The molecule has 4 heteroatoms. The number of ether oxygens (including phenoxy) is 1. The van der Waals surface area contributed by atoms with E-state index < -0.39 is 0 Å². The van der Waals surface area contributed by atoms with E-state index in [1.165, 1.54) is 51.9 Å². The molecule has 0 aliphatic carbocycles. The van der Waals surface area contributed by atoms with Crippen molar-refractivity contribution in [2.45, 2.75) is 38.6 Å². The largest absolute Gasteiger partial charge is 0.379 e. The summed E-state index contributed by atoms with van der Waals surface area (Å²) in [7, 11) is 0. The van der Waals surface area contributed by atoms with E-state index in [1.54, 1.807) is 0 Å². The SMILES string of the molecule is CCNCCCCCN1CCC(N2CCOCC2)C1. The van der Waals surface area contributed by atoms with Crippen LogP contribution in [0.25, 0.3) is 0 Å². The van der Waals surface area contributed by atoms with Crippen molar-refractivity contribution in [3.05, 3.63) is 0 Å². The highest BCUT2D eigenvalue weighted by atomic mass is 16.5. The molecule has 2 heterocycles. The fraction of sp³-hybridized carbons (Fsp3) is 1.00. The molecule has 2 fully saturated rings. The topological polar surface area (TPSA) is 27.7 Å². The summed E-state index contributed by atoms with van der Waals surface area (Å²) in [6.45, 7) is 12.5. The van der Waals surface area contributed by atoms with Crippen LogP contribution in [0.2, 0.25) is 0 Å². The summed E-state index contributed by atoms with van der Waals surface area (Å²) in [5, 5.41) is 3.39. The molecule has 1 N–H and O–H groups in total. The highest BCUT2D eigenvalue weighted by Gasteiger charge is 2.28. The Kier molecular flexibility index (Phi) is 7.14. The molecule has 19 heavy (non-hydrogen) atoms. The zero-order valence-electron chi connectivity index (χ0n) is 12.6. The van der Waals surface area contributed by atoms with Gasteiger partial charge >= 0.3 is 0 Å². The lowest BCUT2D eigenvalue weighted by Gasteiger charge is -2.32. The second-order valence-corrected chi connectivity index (χ2v) is 5.81. The highest BCUT2D eigenvalue weighted by molar-refractivity contribution is 4.84. The summed E-state index contributed by atoms with van der Waals surface area (Å²) in [4.78, 5) is 5.29. The normalized spacial score (nSPS) is 26.1. The van der Waals surface area contributed by atoms with Crippen LogP contribution in [0.4, 0.5) is 0 Å². The van der Waals surface area contributed by atoms with Gasteiger partial charge in [-0.25, -0.2) is 0 Å². The molecule has 2 aliphatic rings. The van der Waals surface area contributed by atoms with Crippen LogP contribution in [-0.2, 0) is 4.74 Å². The zero-order chi connectivity index (χ0) is 13.3. The van der Waals surface area contributed by atoms with Crippen molar-refractivity contribution < 1.29 is 4.74 Å². The lowest BCUT2D eigenvalue weighted by Crippen LogP contribution is -2.44. The molecule has 112 valence electrons. The molecule has 1 atom stereocenters. The van der Waals surface area contributed by atoms with Gasteiger partial charge in [-0.1, -0.05) is 13.3 Å². The third kappa shape index (κ3) is 5.38. The molecule has 0 aromatic carbocycles. The van der Waals surface area contributed by atoms with Gasteiger partial charge < -0.3 is 15.0 Å². The van der Waals surface area contributed by atoms with E-state index in [0.717, 1.165) is 38.9 Å². The first-order valence-corrected chi connectivity index (χ1v) is 8.15. The summed E-state index contributed by atoms with van der Waals surface area (Å²) >= 11 is 0. The van der Waals surface area contributed by atoms with Gasteiger partial charge in [-0.05, 0) is 45.4 Å². The highest BCUT2D eigenvalue weighted by Crippen LogP contribution is 2.17. The van der Waals surface area contributed by atoms with E-state index in [2.05, 4.69) is 22.0 Å². The summed E-state index contributed by atoms with van der Waals surface area (Å²) < 4.78 is 5.44. The van der Waals surface area contributed by atoms with Crippen molar-refractivity contribution in [3.8, 4) is 0 Å². The Morgan fingerprint density at radius 2 is 1.95 bits per heavy atom. The van der Waals surface area contributed by atoms with Gasteiger partial charge in [-0.3, -0.25) is 4.90 Å². The number of nitrogens with zero attached hydrogens (tertiary/aromatic N) is 2. The zero-order valence-corrected chi connectivity index (χ0v) is 12.6. The van der Waals surface area contributed by atoms with Crippen molar-refractivity contribution in [1.82, 2.24) is 15.1 Å². The third-order valence-electron chi connectivity index (χ3n) is 4.39. The lowest BCUT2D eigenvalue weighted by molar-refractivity contribution is 0.0185. The van der Waals surface area contributed by atoms with E-state index in [-0.39, 0.29) is 0 Å². The lowest BCUT2D eigenvalue weighted by atomic mass is 10.2. The van der Waals surface area contributed by atoms with Crippen LogP contribution in [0.15, 0.2) is 0 Å². The fourth-order valence-corrected chi connectivity index (χ4v) is 3.19. The first-order chi connectivity index (χ1) is 9.40. The number of nitrogens with one attached hydrogen (secondary N) is 1. The van der Waals surface area contributed by atoms with Crippen LogP contribution in [0.5, 0.6) is 0 Å². The van der Waals surface area contributed by atoms with Gasteiger partial charge in [0, 0.05) is 25.7 Å². The van der Waals surface area contributed by atoms with E-state index >= 15 is 0 Å². The molecule has 0 aromatic rings. The Morgan fingerprint density at radius 3 is 2.74 bits per heavy atom. The van der Waals surface area contributed by atoms with Crippen LogP contribution in [0, 0.1) is 0 Å². The standard InChI is InChI=1S/C15H31N3O/c1-2-16-7-4-3-5-8-17-9-6-15(14-17)18-10-12-19-13-11-18/h15-16H,2-14H2,1H3. The minimum Gasteiger partial charge on any atom is -0.379 e. The summed E-state index contributed by atoms with van der Waals surface area (Å²) in [6, 6.07) is 0.797. The number of hydrogen-bond acceptors (Lipinski definition) is 4. The minimum atomic E-state index is 0.797. The average Bonchev–Trinajstić information content (AvgIpc) is 2.92. The Bertz CT molecular complexity index is 231. The molecule has 0 spiro atoms. The van der Waals surface area contributed by atoms with E-state index in [1.807, 2.05) is 0 Å². The van der Waals surface area contributed by atoms with Gasteiger partial charge in [0.25, 0.3) is 0 Å². The molecule has 0 amide bonds. The van der Waals surface area contributed by atoms with Gasteiger partial charge in [0.1, 0.15) is 0 Å². The fourth-order valence-electron chi connectivity index (χ4n) is 3.19. The Hall–Kier alpha value is -0.160. The maximum absolute atomic E-state index is 5.44. The molecule has 4 nitrogen and oxygen atoms in total. The number of unbranched alkanes of at least 4 members (excludes halogenated alkanes) is 2. The van der Waals surface area contributed by atoms with Crippen molar-refractivity contribution in [3.63, 3.8) is 0 Å². The Morgan fingerprint density at radius 1 is 1.11 bits per heavy atom. The van der Waals surface area contributed by atoms with Gasteiger partial charge in [0.05, 0.1) is 13.2 Å². The van der Waals surface area contributed by atoms with E-state index in [4.69, 9.17) is 4.74 Å². The average molecular weight is 269 g/mol. The number of rotatable bonds is 8. The molecule has 2 aliphatic heterocycles. The Labute approximate surface area is 118 Å². The third-order valence-corrected chi connectivity index (χ3v) is 4.39. The maximum Gasteiger partial charge on any atom is 0.0594 e. The quantitative estimate of drug-likeness (QED) is 0.670. The smallest absolute Gasteiger partial charge is 0.0594 e. The molecule has 1 unspecified atom stereocenters. The second kappa shape index (κ2) is 8.90. The molecular weight excluding hydrogens is 238 g/mol. The molecule has 2 rings (SSSR count). The van der Waals surface area contributed by atoms with Crippen molar-refractivity contribution in [1.29, 1.82) is 0 Å². The van der Waals surface area contributed by atoms with Crippen LogP contribution >= 0.6 is 0 Å². The minimum absolute atomic E-state index is 0.797. The maximum atomic E-state index is 5.44. The van der Waals surface area contributed by atoms with Gasteiger partial charge in [0.15, 0.2) is 0 Å². The first kappa shape index (κ1) is 15.2. The predicted molar refractivity (Wildman–Crippen MR) is 79.6 cm³/mol. The Balaban J connectivity index is 1.52. The molecular formula is C15H31N3O. The van der Waals surface area contributed by atoms with E-state index in [9.17, 15) is 0 Å². The van der Waals surface area contributed by atoms with Gasteiger partial charge in [-0.15, -0.1) is 0 Å². The second-order valence-electron chi connectivity index (χ2n) is 5.81. The van der Waals surface area contributed by atoms with Gasteiger partial charge in [-0.2, -0.15) is 0 Å². The van der Waals surface area contributed by atoms with E-state index in [0.29, 0.717) is 0 Å². The summed E-state index contributed by atoms with van der Waals surface area (Å²) in [5.41, 5.74) is 0. The number of hydrogen-bond donors (Lipinski definition) is 1.